The van der Waals surface area contributed by atoms with Gasteiger partial charge in [0.15, 0.2) is 0 Å². The predicted molar refractivity (Wildman–Crippen MR) is 51.6 cm³/mol. The summed E-state index contributed by atoms with van der Waals surface area (Å²) in [5.41, 5.74) is -1.04. The van der Waals surface area contributed by atoms with Gasteiger partial charge in [0.25, 0.3) is 0 Å². The molecule has 0 spiro atoms. The predicted octanol–water partition coefficient (Wildman–Crippen LogP) is 2.04. The van der Waals surface area contributed by atoms with Crippen molar-refractivity contribution in [1.82, 2.24) is 0 Å². The van der Waals surface area contributed by atoms with E-state index in [0.29, 0.717) is 12.3 Å². The Kier molecular flexibility index (Phi) is 4.99. The molecule has 0 rings (SSSR count). The lowest BCUT2D eigenvalue weighted by molar-refractivity contribution is -0.142. The van der Waals surface area contributed by atoms with Crippen LogP contribution in [0.3, 0.4) is 0 Å². The molecule has 78 valence electrons. The van der Waals surface area contributed by atoms with Crippen molar-refractivity contribution in [2.45, 2.75) is 52.1 Å². The average molecular weight is 188 g/mol. The number of aliphatic hydroxyl groups is 1. The van der Waals surface area contributed by atoms with Crippen molar-refractivity contribution in [3.63, 3.8) is 0 Å². The lowest BCUT2D eigenvalue weighted by Gasteiger charge is -2.21. The summed E-state index contributed by atoms with van der Waals surface area (Å²) >= 11 is 0. The molecule has 1 atom stereocenters. The quantitative estimate of drug-likeness (QED) is 0.670. The Hall–Kier alpha value is -0.570. The van der Waals surface area contributed by atoms with Gasteiger partial charge in [0, 0.05) is 0 Å². The summed E-state index contributed by atoms with van der Waals surface area (Å²) in [5, 5.41) is 18.1. The highest BCUT2D eigenvalue weighted by molar-refractivity contribution is 5.67. The molecule has 3 heteroatoms. The first-order valence-corrected chi connectivity index (χ1v) is 4.77. The number of hydrogen-bond acceptors (Lipinski definition) is 2. The monoisotopic (exact) mass is 188 g/mol. The third kappa shape index (κ3) is 7.78. The zero-order valence-corrected chi connectivity index (χ0v) is 8.71. The third-order valence-electron chi connectivity index (χ3n) is 2.03. The van der Waals surface area contributed by atoms with Crippen LogP contribution in [0.5, 0.6) is 0 Å². The van der Waals surface area contributed by atoms with Crippen molar-refractivity contribution < 1.29 is 15.0 Å². The fourth-order valence-corrected chi connectivity index (χ4v) is 1.31. The van der Waals surface area contributed by atoms with E-state index in [-0.39, 0.29) is 6.42 Å². The highest BCUT2D eigenvalue weighted by Gasteiger charge is 2.23. The van der Waals surface area contributed by atoms with Gasteiger partial charge in [-0.05, 0) is 19.3 Å². The van der Waals surface area contributed by atoms with Crippen molar-refractivity contribution in [3.8, 4) is 0 Å². The molecular weight excluding hydrogens is 168 g/mol. The number of rotatable bonds is 6. The van der Waals surface area contributed by atoms with E-state index in [1.54, 1.807) is 6.92 Å². The molecule has 0 aliphatic rings. The summed E-state index contributed by atoms with van der Waals surface area (Å²) in [4.78, 5) is 10.4. The van der Waals surface area contributed by atoms with Crippen LogP contribution >= 0.6 is 0 Å². The molecule has 1 unspecified atom stereocenters. The Morgan fingerprint density at radius 1 is 1.46 bits per heavy atom. The molecule has 0 aromatic heterocycles. The molecule has 0 bridgehead atoms. The zero-order valence-electron chi connectivity index (χ0n) is 8.71. The highest BCUT2D eigenvalue weighted by atomic mass is 16.4. The smallest absolute Gasteiger partial charge is 0.306 e. The Bertz CT molecular complexity index is 162. The largest absolute Gasteiger partial charge is 0.481 e. The molecule has 0 amide bonds. The van der Waals surface area contributed by atoms with Crippen molar-refractivity contribution in [2.75, 3.05) is 0 Å². The van der Waals surface area contributed by atoms with E-state index in [0.717, 1.165) is 12.8 Å². The lowest BCUT2D eigenvalue weighted by Crippen LogP contribution is -2.27. The number of hydrogen-bond donors (Lipinski definition) is 2. The molecule has 0 aromatic carbocycles. The zero-order chi connectivity index (χ0) is 10.5. The van der Waals surface area contributed by atoms with Gasteiger partial charge in [-0.2, -0.15) is 0 Å². The van der Waals surface area contributed by atoms with Gasteiger partial charge in [-0.3, -0.25) is 4.79 Å². The minimum Gasteiger partial charge on any atom is -0.481 e. The van der Waals surface area contributed by atoms with Crippen molar-refractivity contribution >= 4 is 5.97 Å². The second-order valence-electron chi connectivity index (χ2n) is 4.35. The fraction of sp³-hybridized carbons (Fsp3) is 0.900. The van der Waals surface area contributed by atoms with E-state index in [1.807, 2.05) is 0 Å². The first-order valence-electron chi connectivity index (χ1n) is 4.77. The molecule has 0 aliphatic carbocycles. The van der Waals surface area contributed by atoms with E-state index in [2.05, 4.69) is 13.8 Å². The van der Waals surface area contributed by atoms with Gasteiger partial charge in [0.2, 0.25) is 0 Å². The molecule has 0 heterocycles. The first-order chi connectivity index (χ1) is 5.83. The summed E-state index contributed by atoms with van der Waals surface area (Å²) in [6.45, 7) is 5.82. The Morgan fingerprint density at radius 3 is 2.38 bits per heavy atom. The fourth-order valence-electron chi connectivity index (χ4n) is 1.31. The van der Waals surface area contributed by atoms with Gasteiger partial charge in [0.1, 0.15) is 0 Å². The van der Waals surface area contributed by atoms with Gasteiger partial charge in [-0.15, -0.1) is 0 Å². The topological polar surface area (TPSA) is 57.5 Å². The van der Waals surface area contributed by atoms with Crippen molar-refractivity contribution in [1.29, 1.82) is 0 Å². The van der Waals surface area contributed by atoms with Crippen LogP contribution in [0.1, 0.15) is 46.5 Å². The summed E-state index contributed by atoms with van der Waals surface area (Å²) < 4.78 is 0. The average Bonchev–Trinajstić information content (AvgIpc) is 1.81. The number of aliphatic carboxylic acids is 1. The van der Waals surface area contributed by atoms with Crippen LogP contribution in [0.4, 0.5) is 0 Å². The summed E-state index contributed by atoms with van der Waals surface area (Å²) in [5.74, 6) is -0.324. The Morgan fingerprint density at radius 2 is 2.00 bits per heavy atom. The van der Waals surface area contributed by atoms with Gasteiger partial charge >= 0.3 is 5.97 Å². The summed E-state index contributed by atoms with van der Waals surface area (Å²) in [6, 6.07) is 0. The van der Waals surface area contributed by atoms with Crippen LogP contribution in [0, 0.1) is 5.92 Å². The minimum absolute atomic E-state index is 0.162. The molecule has 0 saturated heterocycles. The van der Waals surface area contributed by atoms with Crippen LogP contribution in [0.15, 0.2) is 0 Å². The molecule has 0 aromatic rings. The van der Waals surface area contributed by atoms with E-state index >= 15 is 0 Å². The molecule has 13 heavy (non-hydrogen) atoms. The van der Waals surface area contributed by atoms with Crippen molar-refractivity contribution in [2.24, 2.45) is 5.92 Å². The van der Waals surface area contributed by atoms with Crippen LogP contribution in [-0.2, 0) is 4.79 Å². The third-order valence-corrected chi connectivity index (χ3v) is 2.03. The van der Waals surface area contributed by atoms with Gasteiger partial charge in [-0.25, -0.2) is 0 Å². The first kappa shape index (κ1) is 12.4. The molecule has 3 nitrogen and oxygen atoms in total. The normalized spacial score (nSPS) is 15.8. The highest BCUT2D eigenvalue weighted by Crippen LogP contribution is 2.19. The molecule has 0 fully saturated rings. The lowest BCUT2D eigenvalue weighted by atomic mass is 9.93. The number of carboxylic acid groups (broad SMARTS) is 1. The SMILES string of the molecule is CC(C)CCCC(C)(O)CC(=O)O. The minimum atomic E-state index is -1.04. The van der Waals surface area contributed by atoms with Crippen molar-refractivity contribution in [3.05, 3.63) is 0 Å². The van der Waals surface area contributed by atoms with Gasteiger partial charge in [0.05, 0.1) is 12.0 Å². The number of carboxylic acids is 1. The molecule has 0 aliphatic heterocycles. The second-order valence-corrected chi connectivity index (χ2v) is 4.35. The van der Waals surface area contributed by atoms with E-state index in [4.69, 9.17) is 5.11 Å². The Balaban J connectivity index is 3.69. The Labute approximate surface area is 79.8 Å². The van der Waals surface area contributed by atoms with Crippen LogP contribution in [0.2, 0.25) is 0 Å². The van der Waals surface area contributed by atoms with E-state index in [9.17, 15) is 9.90 Å². The second kappa shape index (κ2) is 5.22. The van der Waals surface area contributed by atoms with Gasteiger partial charge < -0.3 is 10.2 Å². The van der Waals surface area contributed by atoms with Crippen LogP contribution < -0.4 is 0 Å². The maximum atomic E-state index is 10.4. The van der Waals surface area contributed by atoms with Crippen LogP contribution in [-0.4, -0.2) is 21.8 Å². The summed E-state index contributed by atoms with van der Waals surface area (Å²) in [7, 11) is 0. The van der Waals surface area contributed by atoms with Gasteiger partial charge in [-0.1, -0.05) is 26.7 Å². The molecular formula is C10H20O3. The van der Waals surface area contributed by atoms with E-state index < -0.39 is 11.6 Å². The number of carbonyl (C=O) groups is 1. The molecule has 0 radical (unpaired) electrons. The summed E-state index contributed by atoms with van der Waals surface area (Å²) in [6.07, 6.45) is 2.33. The van der Waals surface area contributed by atoms with Crippen LogP contribution in [0.25, 0.3) is 0 Å². The maximum absolute atomic E-state index is 10.4. The standard InChI is InChI=1S/C10H20O3/c1-8(2)5-4-6-10(3,13)7-9(11)12/h8,13H,4-7H2,1-3H3,(H,11,12). The molecule has 2 N–H and O–H groups in total. The van der Waals surface area contributed by atoms with E-state index in [1.165, 1.54) is 0 Å². The molecule has 0 saturated carbocycles. The maximum Gasteiger partial charge on any atom is 0.306 e.